The van der Waals surface area contributed by atoms with Gasteiger partial charge in [-0.05, 0) is 25.0 Å². The number of para-hydroxylation sites is 1. The summed E-state index contributed by atoms with van der Waals surface area (Å²) in [6, 6.07) is 11.0. The number of piperazine rings is 1. The smallest absolute Gasteiger partial charge is 0.264 e. The Morgan fingerprint density at radius 1 is 1.05 bits per heavy atom. The number of rotatable bonds is 4. The third kappa shape index (κ3) is 3.75. The Balaban J connectivity index is 1.45. The fourth-order valence-corrected chi connectivity index (χ4v) is 3.80. The molecule has 1 aromatic carbocycles. The van der Waals surface area contributed by atoms with Gasteiger partial charge in [-0.25, -0.2) is 0 Å². The Kier molecular flexibility index (Phi) is 4.19. The molecule has 0 bridgehead atoms. The van der Waals surface area contributed by atoms with E-state index in [1.165, 1.54) is 5.69 Å². The molecule has 5 nitrogen and oxygen atoms in total. The molecule has 0 amide bonds. The number of benzene rings is 1. The zero-order valence-corrected chi connectivity index (χ0v) is 13.1. The Labute approximate surface area is 126 Å². The van der Waals surface area contributed by atoms with E-state index in [9.17, 15) is 8.42 Å². The van der Waals surface area contributed by atoms with Crippen LogP contribution in [0.2, 0.25) is 0 Å². The van der Waals surface area contributed by atoms with Crippen LogP contribution in [0.25, 0.3) is 0 Å². The largest absolute Gasteiger partial charge is 0.369 e. The first-order chi connectivity index (χ1) is 10.0. The molecule has 0 aromatic heterocycles. The number of anilines is 1. The van der Waals surface area contributed by atoms with Gasteiger partial charge in [-0.1, -0.05) is 18.2 Å². The molecular weight excluding hydrogens is 288 g/mol. The zero-order valence-electron chi connectivity index (χ0n) is 12.3. The molecule has 1 aliphatic heterocycles. The third-order valence-corrected chi connectivity index (χ3v) is 4.95. The molecule has 2 fully saturated rings. The average molecular weight is 310 g/mol. The second kappa shape index (κ2) is 5.94. The van der Waals surface area contributed by atoms with Gasteiger partial charge in [0.25, 0.3) is 10.1 Å². The van der Waals surface area contributed by atoms with Crippen LogP contribution in [-0.4, -0.2) is 57.9 Å². The second-order valence-electron chi connectivity index (χ2n) is 5.91. The first-order valence-corrected chi connectivity index (χ1v) is 9.25. The van der Waals surface area contributed by atoms with Crippen molar-refractivity contribution in [2.75, 3.05) is 37.3 Å². The van der Waals surface area contributed by atoms with Gasteiger partial charge >= 0.3 is 0 Å². The van der Waals surface area contributed by atoms with E-state index in [0.717, 1.165) is 45.3 Å². The quantitative estimate of drug-likeness (QED) is 0.785. The molecule has 0 N–H and O–H groups in total. The van der Waals surface area contributed by atoms with Gasteiger partial charge in [0.05, 0.1) is 12.4 Å². The van der Waals surface area contributed by atoms with Crippen molar-refractivity contribution in [2.45, 2.75) is 25.0 Å². The van der Waals surface area contributed by atoms with E-state index in [2.05, 4.69) is 34.1 Å². The Bertz CT molecular complexity index is 562. The minimum absolute atomic E-state index is 0.114. The van der Waals surface area contributed by atoms with E-state index in [-0.39, 0.29) is 6.10 Å². The highest BCUT2D eigenvalue weighted by Crippen LogP contribution is 2.30. The Morgan fingerprint density at radius 2 is 1.67 bits per heavy atom. The van der Waals surface area contributed by atoms with Crippen LogP contribution in [0.15, 0.2) is 30.3 Å². The summed E-state index contributed by atoms with van der Waals surface area (Å²) in [7, 11) is -3.31. The summed E-state index contributed by atoms with van der Waals surface area (Å²) in [6.07, 6.45) is 2.67. The molecular formula is C15H22N2O3S. The van der Waals surface area contributed by atoms with Crippen LogP contribution in [-0.2, 0) is 14.3 Å². The standard InChI is InChI=1S/C15H22N2O3S/c1-21(18,19)20-15-11-14(12-15)17-9-7-16(8-10-17)13-5-3-2-4-6-13/h2-6,14-15H,7-12H2,1H3. The topological polar surface area (TPSA) is 49.9 Å². The van der Waals surface area contributed by atoms with Crippen molar-refractivity contribution in [1.29, 1.82) is 0 Å². The van der Waals surface area contributed by atoms with Gasteiger partial charge < -0.3 is 4.90 Å². The van der Waals surface area contributed by atoms with Crippen LogP contribution in [0, 0.1) is 0 Å². The van der Waals surface area contributed by atoms with Gasteiger partial charge in [-0.2, -0.15) is 8.42 Å². The highest BCUT2D eigenvalue weighted by atomic mass is 32.2. The number of nitrogens with zero attached hydrogens (tertiary/aromatic N) is 2. The van der Waals surface area contributed by atoms with Crippen LogP contribution in [0.4, 0.5) is 5.69 Å². The van der Waals surface area contributed by atoms with E-state index in [1.807, 2.05) is 6.07 Å². The predicted octanol–water partition coefficient (Wildman–Crippen LogP) is 1.32. The summed E-state index contributed by atoms with van der Waals surface area (Å²) in [5.41, 5.74) is 1.28. The molecule has 1 aliphatic carbocycles. The van der Waals surface area contributed by atoms with Crippen molar-refractivity contribution in [2.24, 2.45) is 0 Å². The van der Waals surface area contributed by atoms with Gasteiger partial charge in [0, 0.05) is 37.9 Å². The lowest BCUT2D eigenvalue weighted by Crippen LogP contribution is -2.55. The van der Waals surface area contributed by atoms with Crippen molar-refractivity contribution < 1.29 is 12.6 Å². The third-order valence-electron chi connectivity index (χ3n) is 4.33. The van der Waals surface area contributed by atoms with Crippen LogP contribution < -0.4 is 4.90 Å². The molecule has 0 radical (unpaired) electrons. The summed E-state index contributed by atoms with van der Waals surface area (Å²) in [6.45, 7) is 4.12. The lowest BCUT2D eigenvalue weighted by molar-refractivity contribution is 0.0190. The van der Waals surface area contributed by atoms with Crippen molar-refractivity contribution in [1.82, 2.24) is 4.90 Å². The molecule has 1 heterocycles. The lowest BCUT2D eigenvalue weighted by atomic mass is 9.87. The molecule has 1 aromatic rings. The van der Waals surface area contributed by atoms with Gasteiger partial charge in [-0.3, -0.25) is 9.08 Å². The molecule has 0 atom stereocenters. The van der Waals surface area contributed by atoms with Crippen molar-refractivity contribution >= 4 is 15.8 Å². The average Bonchev–Trinajstić information content (AvgIpc) is 2.43. The normalized spacial score (nSPS) is 27.4. The van der Waals surface area contributed by atoms with E-state index in [4.69, 9.17) is 4.18 Å². The van der Waals surface area contributed by atoms with Gasteiger partial charge in [0.1, 0.15) is 0 Å². The molecule has 1 saturated carbocycles. The van der Waals surface area contributed by atoms with Crippen LogP contribution in [0.3, 0.4) is 0 Å². The molecule has 2 aliphatic rings. The molecule has 0 spiro atoms. The lowest BCUT2D eigenvalue weighted by Gasteiger charge is -2.46. The van der Waals surface area contributed by atoms with Crippen LogP contribution in [0.1, 0.15) is 12.8 Å². The fourth-order valence-electron chi connectivity index (χ4n) is 3.15. The zero-order chi connectivity index (χ0) is 14.9. The first kappa shape index (κ1) is 14.8. The van der Waals surface area contributed by atoms with Crippen molar-refractivity contribution in [3.05, 3.63) is 30.3 Å². The van der Waals surface area contributed by atoms with Gasteiger partial charge in [-0.15, -0.1) is 0 Å². The van der Waals surface area contributed by atoms with Gasteiger partial charge in [0.2, 0.25) is 0 Å². The monoisotopic (exact) mass is 310 g/mol. The van der Waals surface area contributed by atoms with E-state index in [0.29, 0.717) is 6.04 Å². The molecule has 1 saturated heterocycles. The minimum Gasteiger partial charge on any atom is -0.369 e. The van der Waals surface area contributed by atoms with Crippen molar-refractivity contribution in [3.63, 3.8) is 0 Å². The Hall–Kier alpha value is -1.11. The van der Waals surface area contributed by atoms with E-state index in [1.54, 1.807) is 0 Å². The van der Waals surface area contributed by atoms with E-state index >= 15 is 0 Å². The molecule has 6 heteroatoms. The Morgan fingerprint density at radius 3 is 2.24 bits per heavy atom. The SMILES string of the molecule is CS(=O)(=O)OC1CC(N2CCN(c3ccccc3)CC2)C1. The van der Waals surface area contributed by atoms with E-state index < -0.39 is 10.1 Å². The minimum atomic E-state index is -3.31. The summed E-state index contributed by atoms with van der Waals surface area (Å²) in [5.74, 6) is 0. The van der Waals surface area contributed by atoms with Crippen LogP contribution >= 0.6 is 0 Å². The maximum absolute atomic E-state index is 11.1. The number of hydrogen-bond donors (Lipinski definition) is 0. The number of hydrogen-bond acceptors (Lipinski definition) is 5. The summed E-state index contributed by atoms with van der Waals surface area (Å²) in [4.78, 5) is 4.86. The summed E-state index contributed by atoms with van der Waals surface area (Å²) in [5, 5.41) is 0. The van der Waals surface area contributed by atoms with Crippen LogP contribution in [0.5, 0.6) is 0 Å². The van der Waals surface area contributed by atoms with Crippen molar-refractivity contribution in [3.8, 4) is 0 Å². The molecule has 0 unspecified atom stereocenters. The molecule has 116 valence electrons. The van der Waals surface area contributed by atoms with Gasteiger partial charge in [0.15, 0.2) is 0 Å². The predicted molar refractivity (Wildman–Crippen MR) is 83.0 cm³/mol. The maximum atomic E-state index is 11.1. The molecule has 21 heavy (non-hydrogen) atoms. The molecule has 3 rings (SSSR count). The summed E-state index contributed by atoms with van der Waals surface area (Å²) < 4.78 is 27.2. The first-order valence-electron chi connectivity index (χ1n) is 7.43. The second-order valence-corrected chi connectivity index (χ2v) is 7.51. The summed E-state index contributed by atoms with van der Waals surface area (Å²) >= 11 is 0. The highest BCUT2D eigenvalue weighted by Gasteiger charge is 2.37. The fraction of sp³-hybridized carbons (Fsp3) is 0.600. The maximum Gasteiger partial charge on any atom is 0.264 e. The highest BCUT2D eigenvalue weighted by molar-refractivity contribution is 7.86.